The van der Waals surface area contributed by atoms with Gasteiger partial charge in [-0.2, -0.15) is 4.98 Å². The molecule has 6 nitrogen and oxygen atoms in total. The van der Waals surface area contributed by atoms with Crippen LogP contribution in [0.3, 0.4) is 0 Å². The third kappa shape index (κ3) is 3.44. The van der Waals surface area contributed by atoms with Crippen molar-refractivity contribution in [3.05, 3.63) is 53.6 Å². The first kappa shape index (κ1) is 17.7. The first-order chi connectivity index (χ1) is 12.3. The Bertz CT molecular complexity index is 937. The highest BCUT2D eigenvalue weighted by Crippen LogP contribution is 2.34. The molecule has 0 aliphatic rings. The minimum atomic E-state index is -0.976. The van der Waals surface area contributed by atoms with Crippen LogP contribution in [0.25, 0.3) is 22.8 Å². The number of benzene rings is 2. The Morgan fingerprint density at radius 2 is 1.73 bits per heavy atom. The molecule has 2 aromatic carbocycles. The summed E-state index contributed by atoms with van der Waals surface area (Å²) in [6.07, 6.45) is 0. The lowest BCUT2D eigenvalue weighted by molar-refractivity contribution is 0.0697. The maximum Gasteiger partial charge on any atom is 0.335 e. The van der Waals surface area contributed by atoms with Crippen LogP contribution in [-0.4, -0.2) is 28.3 Å². The van der Waals surface area contributed by atoms with Crippen molar-refractivity contribution in [2.45, 2.75) is 26.2 Å². The van der Waals surface area contributed by atoms with E-state index in [9.17, 15) is 4.79 Å². The number of carbonyl (C=O) groups is 1. The van der Waals surface area contributed by atoms with Crippen molar-refractivity contribution in [1.29, 1.82) is 0 Å². The van der Waals surface area contributed by atoms with Gasteiger partial charge in [-0.25, -0.2) is 4.79 Å². The molecule has 0 aliphatic heterocycles. The zero-order valence-electron chi connectivity index (χ0n) is 15.1. The largest absolute Gasteiger partial charge is 0.496 e. The summed E-state index contributed by atoms with van der Waals surface area (Å²) in [6.45, 7) is 6.33. The lowest BCUT2D eigenvalue weighted by Gasteiger charge is -2.22. The van der Waals surface area contributed by atoms with E-state index in [0.717, 1.165) is 16.9 Å². The maximum absolute atomic E-state index is 10.9. The zero-order chi connectivity index (χ0) is 18.9. The van der Waals surface area contributed by atoms with Crippen molar-refractivity contribution in [1.82, 2.24) is 10.1 Å². The fraction of sp³-hybridized carbons (Fsp3) is 0.250. The zero-order valence-corrected chi connectivity index (χ0v) is 15.1. The number of ether oxygens (including phenoxy) is 1. The molecular formula is C20H20N2O4. The van der Waals surface area contributed by atoms with E-state index in [1.165, 1.54) is 12.1 Å². The quantitative estimate of drug-likeness (QED) is 0.748. The van der Waals surface area contributed by atoms with E-state index < -0.39 is 5.97 Å². The van der Waals surface area contributed by atoms with Crippen molar-refractivity contribution < 1.29 is 19.2 Å². The number of aromatic nitrogens is 2. The van der Waals surface area contributed by atoms with E-state index in [4.69, 9.17) is 14.4 Å². The average molecular weight is 352 g/mol. The Kier molecular flexibility index (Phi) is 4.50. The minimum Gasteiger partial charge on any atom is -0.496 e. The second-order valence-corrected chi connectivity index (χ2v) is 6.97. The predicted molar refractivity (Wildman–Crippen MR) is 97.4 cm³/mol. The Morgan fingerprint density at radius 3 is 2.31 bits per heavy atom. The second kappa shape index (κ2) is 6.63. The number of hydrogen-bond acceptors (Lipinski definition) is 5. The highest BCUT2D eigenvalue weighted by Gasteiger charge is 2.21. The van der Waals surface area contributed by atoms with Crippen molar-refractivity contribution in [2.24, 2.45) is 0 Å². The summed E-state index contributed by atoms with van der Waals surface area (Å²) < 4.78 is 10.8. The van der Waals surface area contributed by atoms with Gasteiger partial charge in [-0.15, -0.1) is 0 Å². The molecule has 0 atom stereocenters. The third-order valence-corrected chi connectivity index (χ3v) is 4.07. The highest BCUT2D eigenvalue weighted by molar-refractivity contribution is 5.88. The van der Waals surface area contributed by atoms with Gasteiger partial charge in [0.05, 0.1) is 12.7 Å². The Morgan fingerprint density at radius 1 is 1.08 bits per heavy atom. The van der Waals surface area contributed by atoms with Crippen molar-refractivity contribution in [3.63, 3.8) is 0 Å². The summed E-state index contributed by atoms with van der Waals surface area (Å²) in [5, 5.41) is 13.0. The number of carboxylic acid groups (broad SMARTS) is 1. The van der Waals surface area contributed by atoms with Crippen LogP contribution >= 0.6 is 0 Å². The number of rotatable bonds is 4. The summed E-state index contributed by atoms with van der Waals surface area (Å²) in [5.41, 5.74) is 2.65. The Hall–Kier alpha value is -3.15. The number of hydrogen-bond donors (Lipinski definition) is 1. The lowest BCUT2D eigenvalue weighted by atomic mass is 9.85. The molecule has 1 heterocycles. The molecule has 3 rings (SSSR count). The van der Waals surface area contributed by atoms with E-state index in [1.807, 2.05) is 18.2 Å². The molecule has 134 valence electrons. The summed E-state index contributed by atoms with van der Waals surface area (Å²) in [4.78, 5) is 15.4. The first-order valence-electron chi connectivity index (χ1n) is 8.16. The molecule has 0 saturated heterocycles. The molecular weight excluding hydrogens is 332 g/mol. The molecule has 0 spiro atoms. The minimum absolute atomic E-state index is 0.0966. The van der Waals surface area contributed by atoms with Crippen molar-refractivity contribution >= 4 is 5.97 Å². The average Bonchev–Trinajstić information content (AvgIpc) is 3.10. The fourth-order valence-corrected chi connectivity index (χ4v) is 2.65. The molecule has 0 fully saturated rings. The number of nitrogens with zero attached hydrogens (tertiary/aromatic N) is 2. The van der Waals surface area contributed by atoms with E-state index >= 15 is 0 Å². The molecule has 0 radical (unpaired) electrons. The van der Waals surface area contributed by atoms with Crippen LogP contribution in [0, 0.1) is 0 Å². The van der Waals surface area contributed by atoms with E-state index in [-0.39, 0.29) is 11.0 Å². The lowest BCUT2D eigenvalue weighted by Crippen LogP contribution is -2.13. The number of methoxy groups -OCH3 is 1. The Balaban J connectivity index is 1.96. The third-order valence-electron chi connectivity index (χ3n) is 4.07. The van der Waals surface area contributed by atoms with E-state index in [0.29, 0.717) is 17.3 Å². The van der Waals surface area contributed by atoms with Crippen LogP contribution in [0.15, 0.2) is 47.0 Å². The monoisotopic (exact) mass is 352 g/mol. The van der Waals surface area contributed by atoms with Crippen LogP contribution in [0.4, 0.5) is 0 Å². The molecule has 0 amide bonds. The van der Waals surface area contributed by atoms with Crippen molar-refractivity contribution in [2.75, 3.05) is 7.11 Å². The molecule has 0 unspecified atom stereocenters. The predicted octanol–water partition coefficient (Wildman–Crippen LogP) is 4.41. The van der Waals surface area contributed by atoms with Crippen LogP contribution in [0.5, 0.6) is 5.75 Å². The number of aromatic carboxylic acids is 1. The molecule has 0 aliphatic carbocycles. The van der Waals surface area contributed by atoms with Crippen LogP contribution in [0.1, 0.15) is 36.7 Å². The van der Waals surface area contributed by atoms with Crippen LogP contribution in [-0.2, 0) is 5.41 Å². The van der Waals surface area contributed by atoms with E-state index in [1.54, 1.807) is 19.2 Å². The molecule has 26 heavy (non-hydrogen) atoms. The summed E-state index contributed by atoms with van der Waals surface area (Å²) in [5.74, 6) is 0.644. The topological polar surface area (TPSA) is 85.5 Å². The van der Waals surface area contributed by atoms with Gasteiger partial charge in [-0.05, 0) is 47.9 Å². The standard InChI is InChI=1S/C20H20N2O4/c1-20(2,3)15-11-14(9-10-16(15)25-4)17-21-18(26-22-17)12-5-7-13(8-6-12)19(23)24/h5-11H,1-4H3,(H,23,24). The van der Waals surface area contributed by atoms with Gasteiger partial charge in [-0.1, -0.05) is 25.9 Å². The van der Waals surface area contributed by atoms with Gasteiger partial charge < -0.3 is 14.4 Å². The summed E-state index contributed by atoms with van der Waals surface area (Å²) in [6, 6.07) is 12.1. The van der Waals surface area contributed by atoms with Crippen molar-refractivity contribution in [3.8, 4) is 28.6 Å². The first-order valence-corrected chi connectivity index (χ1v) is 8.16. The highest BCUT2D eigenvalue weighted by atomic mass is 16.5. The van der Waals surface area contributed by atoms with Gasteiger partial charge >= 0.3 is 5.97 Å². The van der Waals surface area contributed by atoms with Gasteiger partial charge in [-0.3, -0.25) is 0 Å². The molecule has 6 heteroatoms. The molecule has 1 aromatic heterocycles. The van der Waals surface area contributed by atoms with Gasteiger partial charge in [0.25, 0.3) is 5.89 Å². The van der Waals surface area contributed by atoms with E-state index in [2.05, 4.69) is 30.9 Å². The molecule has 0 bridgehead atoms. The van der Waals surface area contributed by atoms with Gasteiger partial charge in [0, 0.05) is 16.7 Å². The smallest absolute Gasteiger partial charge is 0.335 e. The SMILES string of the molecule is COc1ccc(-c2noc(-c3ccc(C(=O)O)cc3)n2)cc1C(C)(C)C. The molecule has 0 saturated carbocycles. The van der Waals surface area contributed by atoms with Gasteiger partial charge in [0.2, 0.25) is 5.82 Å². The Labute approximate surface area is 151 Å². The van der Waals surface area contributed by atoms with Gasteiger partial charge in [0.15, 0.2) is 0 Å². The molecule has 1 N–H and O–H groups in total. The van der Waals surface area contributed by atoms with Crippen LogP contribution < -0.4 is 4.74 Å². The van der Waals surface area contributed by atoms with Gasteiger partial charge in [0.1, 0.15) is 5.75 Å². The normalized spacial score (nSPS) is 11.4. The summed E-state index contributed by atoms with van der Waals surface area (Å²) in [7, 11) is 1.65. The number of carboxylic acids is 1. The fourth-order valence-electron chi connectivity index (χ4n) is 2.65. The maximum atomic E-state index is 10.9. The molecule has 3 aromatic rings. The second-order valence-electron chi connectivity index (χ2n) is 6.97. The van der Waals surface area contributed by atoms with Crippen LogP contribution in [0.2, 0.25) is 0 Å². The summed E-state index contributed by atoms with van der Waals surface area (Å²) >= 11 is 0.